The van der Waals surface area contributed by atoms with E-state index in [0.29, 0.717) is 0 Å². The van der Waals surface area contributed by atoms with Crippen LogP contribution in [0, 0.1) is 0 Å². The van der Waals surface area contributed by atoms with Crippen LogP contribution in [-0.4, -0.2) is 82.2 Å². The lowest BCUT2D eigenvalue weighted by molar-refractivity contribution is -0.169. The minimum Gasteiger partial charge on any atom is -0.460 e. The van der Waals surface area contributed by atoms with Crippen molar-refractivity contribution in [2.45, 2.75) is 6.29 Å². The van der Waals surface area contributed by atoms with Gasteiger partial charge in [0.1, 0.15) is 19.8 Å². The maximum atomic E-state index is 11.3. The van der Waals surface area contributed by atoms with Gasteiger partial charge in [0.15, 0.2) is 6.29 Å². The van der Waals surface area contributed by atoms with Crippen molar-refractivity contribution in [1.29, 1.82) is 0 Å². The molecule has 0 aliphatic rings. The summed E-state index contributed by atoms with van der Waals surface area (Å²) < 4.78 is 28.8. The average molecular weight is 376 g/mol. The van der Waals surface area contributed by atoms with Crippen molar-refractivity contribution in [3.63, 3.8) is 0 Å². The maximum Gasteiger partial charge on any atom is 0.417 e. The van der Waals surface area contributed by atoms with Crippen molar-refractivity contribution in [2.75, 3.05) is 52.9 Å². The quantitative estimate of drug-likeness (QED) is 0.0749. The van der Waals surface area contributed by atoms with Crippen LogP contribution in [0.3, 0.4) is 0 Å². The molecule has 0 heterocycles. The first kappa shape index (κ1) is 23.7. The summed E-state index contributed by atoms with van der Waals surface area (Å²) in [7, 11) is 0. The third-order valence-corrected chi connectivity index (χ3v) is 2.44. The van der Waals surface area contributed by atoms with Crippen molar-refractivity contribution < 1.29 is 47.9 Å². The zero-order valence-corrected chi connectivity index (χ0v) is 14.4. The highest BCUT2D eigenvalue weighted by Gasteiger charge is 2.16. The van der Waals surface area contributed by atoms with Crippen molar-refractivity contribution in [3.05, 3.63) is 25.3 Å². The highest BCUT2D eigenvalue weighted by molar-refractivity contribution is 6.29. The smallest absolute Gasteiger partial charge is 0.417 e. The summed E-state index contributed by atoms with van der Waals surface area (Å²) in [6, 6.07) is 0. The van der Waals surface area contributed by atoms with Gasteiger partial charge < -0.3 is 33.5 Å². The third kappa shape index (κ3) is 14.1. The van der Waals surface area contributed by atoms with Crippen LogP contribution in [0.5, 0.6) is 0 Å². The second kappa shape index (κ2) is 16.2. The van der Waals surface area contributed by atoms with Gasteiger partial charge in [0.05, 0.1) is 33.0 Å². The summed E-state index contributed by atoms with van der Waals surface area (Å²) in [4.78, 5) is 33.3. The van der Waals surface area contributed by atoms with Gasteiger partial charge in [0.25, 0.3) is 0 Å². The lowest BCUT2D eigenvalue weighted by Gasteiger charge is -2.08. The Bertz CT molecular complexity index is 448. The summed E-state index contributed by atoms with van der Waals surface area (Å²) in [5, 5.41) is 9.01. The Kier molecular flexibility index (Phi) is 14.8. The van der Waals surface area contributed by atoms with Gasteiger partial charge >= 0.3 is 17.9 Å². The van der Waals surface area contributed by atoms with Crippen molar-refractivity contribution in [2.24, 2.45) is 0 Å². The van der Waals surface area contributed by atoms with E-state index >= 15 is 0 Å². The first-order chi connectivity index (χ1) is 12.5. The lowest BCUT2D eigenvalue weighted by atomic mass is 10.6. The van der Waals surface area contributed by atoms with Crippen molar-refractivity contribution in [3.8, 4) is 0 Å². The molecule has 26 heavy (non-hydrogen) atoms. The molecular weight excluding hydrogens is 352 g/mol. The molecule has 0 saturated heterocycles. The number of rotatable bonds is 15. The van der Waals surface area contributed by atoms with Gasteiger partial charge in [-0.3, -0.25) is 0 Å². The number of carbonyl (C=O) groups is 3. The molecule has 10 heteroatoms. The first-order valence-corrected chi connectivity index (χ1v) is 7.72. The van der Waals surface area contributed by atoms with Crippen LogP contribution in [0.4, 0.5) is 0 Å². The molecule has 0 fully saturated rings. The molecule has 0 rings (SSSR count). The van der Waals surface area contributed by atoms with Crippen LogP contribution in [0.1, 0.15) is 0 Å². The van der Waals surface area contributed by atoms with E-state index in [9.17, 15) is 14.4 Å². The lowest BCUT2D eigenvalue weighted by Crippen LogP contribution is -2.24. The van der Waals surface area contributed by atoms with Crippen LogP contribution in [0.25, 0.3) is 0 Å². The normalized spacial score (nSPS) is 11.3. The van der Waals surface area contributed by atoms with E-state index in [1.165, 1.54) is 6.08 Å². The summed E-state index contributed by atoms with van der Waals surface area (Å²) in [5.74, 6) is -2.86. The molecule has 0 aliphatic carbocycles. The molecule has 0 aliphatic heterocycles. The Balaban J connectivity index is 3.48. The van der Waals surface area contributed by atoms with E-state index < -0.39 is 24.2 Å². The number of hydrogen-bond donors (Lipinski definition) is 1. The fourth-order valence-electron chi connectivity index (χ4n) is 1.26. The highest BCUT2D eigenvalue weighted by Crippen LogP contribution is 1.90. The fourth-order valence-corrected chi connectivity index (χ4v) is 1.26. The molecule has 10 nitrogen and oxygen atoms in total. The van der Waals surface area contributed by atoms with Gasteiger partial charge in [-0.15, -0.1) is 0 Å². The standard InChI is InChI=1S/C16H24O10/c1-3-13(17)23-9-5-21-7-11-25-15(19)16(20)26-12-8-22-6-10-24-14(18)4-2/h3-4,13,17H,1-2,5-12H2. The third-order valence-electron chi connectivity index (χ3n) is 2.44. The predicted molar refractivity (Wildman–Crippen MR) is 86.9 cm³/mol. The number of carbonyl (C=O) groups excluding carboxylic acids is 3. The summed E-state index contributed by atoms with van der Waals surface area (Å²) in [6.45, 7) is 6.83. The molecule has 0 bridgehead atoms. The highest BCUT2D eigenvalue weighted by atomic mass is 16.6. The van der Waals surface area contributed by atoms with E-state index in [4.69, 9.17) is 19.3 Å². The van der Waals surface area contributed by atoms with E-state index in [1.54, 1.807) is 0 Å². The number of ether oxygens (including phenoxy) is 6. The molecule has 1 N–H and O–H groups in total. The topological polar surface area (TPSA) is 127 Å². The molecule has 0 aromatic carbocycles. The monoisotopic (exact) mass is 376 g/mol. The number of esters is 3. The predicted octanol–water partition coefficient (Wildman–Crippen LogP) is -0.644. The van der Waals surface area contributed by atoms with Crippen LogP contribution < -0.4 is 0 Å². The molecule has 148 valence electrons. The van der Waals surface area contributed by atoms with Crippen LogP contribution in [-0.2, 0) is 42.8 Å². The molecule has 0 spiro atoms. The minimum atomic E-state index is -1.15. The van der Waals surface area contributed by atoms with Crippen LogP contribution in [0.15, 0.2) is 25.3 Å². The van der Waals surface area contributed by atoms with Gasteiger partial charge in [0.2, 0.25) is 0 Å². The Hall–Kier alpha value is -2.27. The zero-order valence-electron chi connectivity index (χ0n) is 14.4. The van der Waals surface area contributed by atoms with Crippen molar-refractivity contribution in [1.82, 2.24) is 0 Å². The molecule has 0 aromatic rings. The van der Waals surface area contributed by atoms with Gasteiger partial charge in [-0.25, -0.2) is 14.4 Å². The summed E-state index contributed by atoms with van der Waals surface area (Å²) >= 11 is 0. The number of aliphatic hydroxyl groups excluding tert-OH is 1. The second-order valence-corrected chi connectivity index (χ2v) is 4.37. The molecule has 0 amide bonds. The largest absolute Gasteiger partial charge is 0.460 e. The fraction of sp³-hybridized carbons (Fsp3) is 0.562. The molecule has 1 unspecified atom stereocenters. The van der Waals surface area contributed by atoms with Gasteiger partial charge in [-0.1, -0.05) is 13.2 Å². The average Bonchev–Trinajstić information content (AvgIpc) is 2.65. The molecule has 0 saturated carbocycles. The van der Waals surface area contributed by atoms with E-state index in [1.807, 2.05) is 0 Å². The Labute approximate surface area is 151 Å². The Morgan fingerprint density at radius 1 is 0.769 bits per heavy atom. The summed E-state index contributed by atoms with van der Waals surface area (Å²) in [5.41, 5.74) is 0. The van der Waals surface area contributed by atoms with Gasteiger partial charge in [-0.05, 0) is 6.08 Å². The molecule has 1 atom stereocenters. The first-order valence-electron chi connectivity index (χ1n) is 7.72. The molecule has 0 radical (unpaired) electrons. The van der Waals surface area contributed by atoms with Crippen molar-refractivity contribution >= 4 is 17.9 Å². The number of aliphatic hydroxyl groups is 1. The minimum absolute atomic E-state index is 0.0321. The van der Waals surface area contributed by atoms with E-state index in [2.05, 4.69) is 27.4 Å². The van der Waals surface area contributed by atoms with Crippen LogP contribution >= 0.6 is 0 Å². The zero-order chi connectivity index (χ0) is 19.6. The number of hydrogen-bond acceptors (Lipinski definition) is 10. The summed E-state index contributed by atoms with van der Waals surface area (Å²) in [6.07, 6.45) is 1.19. The Morgan fingerprint density at radius 3 is 1.69 bits per heavy atom. The second-order valence-electron chi connectivity index (χ2n) is 4.37. The van der Waals surface area contributed by atoms with Gasteiger partial charge in [-0.2, -0.15) is 0 Å². The SMILES string of the molecule is C=CC(=O)OCCOCCOC(=O)C(=O)OCCOCCOC(O)C=C. The van der Waals surface area contributed by atoms with E-state index in [0.717, 1.165) is 6.08 Å². The molecular formula is C16H24O10. The van der Waals surface area contributed by atoms with E-state index in [-0.39, 0.29) is 52.9 Å². The van der Waals surface area contributed by atoms with Crippen LogP contribution in [0.2, 0.25) is 0 Å². The molecule has 0 aromatic heterocycles. The van der Waals surface area contributed by atoms with Gasteiger partial charge in [0, 0.05) is 6.08 Å². The Morgan fingerprint density at radius 2 is 1.23 bits per heavy atom. The maximum absolute atomic E-state index is 11.3.